The number of nitrogens with zero attached hydrogens (tertiary/aromatic N) is 1. The van der Waals surface area contributed by atoms with Crippen molar-refractivity contribution in [1.82, 2.24) is 10.3 Å². The summed E-state index contributed by atoms with van der Waals surface area (Å²) in [6.45, 7) is 8.93. The molecule has 5 heteroatoms. The fourth-order valence-corrected chi connectivity index (χ4v) is 3.15. The van der Waals surface area contributed by atoms with Gasteiger partial charge in [0.05, 0.1) is 0 Å². The Hall–Kier alpha value is -3.34. The fraction of sp³-hybridized carbons (Fsp3) is 0.308. The second-order valence-corrected chi connectivity index (χ2v) is 7.97. The van der Waals surface area contributed by atoms with Crippen molar-refractivity contribution in [2.75, 3.05) is 0 Å². The van der Waals surface area contributed by atoms with Gasteiger partial charge in [-0.3, -0.25) is 9.78 Å². The zero-order valence-electron chi connectivity index (χ0n) is 18.6. The van der Waals surface area contributed by atoms with E-state index in [9.17, 15) is 4.79 Å². The molecule has 1 amide bonds. The highest BCUT2D eigenvalue weighted by atomic mass is 16.5. The highest BCUT2D eigenvalue weighted by Crippen LogP contribution is 2.28. The van der Waals surface area contributed by atoms with Gasteiger partial charge in [0.1, 0.15) is 18.1 Å². The first kappa shape index (κ1) is 22.3. The van der Waals surface area contributed by atoms with Crippen LogP contribution in [0.15, 0.2) is 67.0 Å². The number of rotatable bonds is 9. The molecule has 3 aromatic rings. The third kappa shape index (κ3) is 6.57. The number of amides is 1. The summed E-state index contributed by atoms with van der Waals surface area (Å²) in [5.41, 5.74) is 4.22. The van der Waals surface area contributed by atoms with Crippen molar-refractivity contribution >= 4 is 5.91 Å². The molecule has 0 aliphatic rings. The first-order valence-corrected chi connectivity index (χ1v) is 10.6. The van der Waals surface area contributed by atoms with E-state index in [1.807, 2.05) is 49.4 Å². The topological polar surface area (TPSA) is 60.5 Å². The van der Waals surface area contributed by atoms with Gasteiger partial charge in [-0.1, -0.05) is 44.2 Å². The van der Waals surface area contributed by atoms with Gasteiger partial charge in [0, 0.05) is 24.5 Å². The fourth-order valence-electron chi connectivity index (χ4n) is 3.15. The lowest BCUT2D eigenvalue weighted by Gasteiger charge is -2.19. The van der Waals surface area contributed by atoms with E-state index in [1.165, 1.54) is 0 Å². The molecule has 0 fully saturated rings. The maximum atomic E-state index is 12.5. The Morgan fingerprint density at radius 2 is 1.81 bits per heavy atom. The molecule has 0 radical (unpaired) electrons. The lowest BCUT2D eigenvalue weighted by atomic mass is 10.0. The van der Waals surface area contributed by atoms with E-state index in [2.05, 4.69) is 36.3 Å². The van der Waals surface area contributed by atoms with Crippen molar-refractivity contribution in [3.63, 3.8) is 0 Å². The minimum atomic E-state index is -0.582. The Bertz CT molecular complexity index is 985. The van der Waals surface area contributed by atoms with E-state index in [4.69, 9.17) is 9.47 Å². The molecule has 1 heterocycles. The van der Waals surface area contributed by atoms with Crippen molar-refractivity contribution in [1.29, 1.82) is 0 Å². The summed E-state index contributed by atoms with van der Waals surface area (Å²) in [6, 6.07) is 17.7. The van der Waals surface area contributed by atoms with Crippen LogP contribution >= 0.6 is 0 Å². The van der Waals surface area contributed by atoms with E-state index >= 15 is 0 Å². The number of aryl methyl sites for hydroxylation is 1. The molecule has 31 heavy (non-hydrogen) atoms. The van der Waals surface area contributed by atoms with Crippen LogP contribution < -0.4 is 14.8 Å². The van der Waals surface area contributed by atoms with Gasteiger partial charge in [0.2, 0.25) is 0 Å². The molecule has 1 atom stereocenters. The molecular formula is C26H30N2O3. The minimum absolute atomic E-state index is 0.145. The number of nitrogens with one attached hydrogen (secondary N) is 1. The Balaban J connectivity index is 1.50. The number of carbonyl (C=O) groups is 1. The number of carbonyl (C=O) groups excluding carboxylic acids is 1. The van der Waals surface area contributed by atoms with Crippen molar-refractivity contribution in [3.05, 3.63) is 89.2 Å². The lowest BCUT2D eigenvalue weighted by Crippen LogP contribution is -2.36. The van der Waals surface area contributed by atoms with E-state index in [0.29, 0.717) is 19.1 Å². The van der Waals surface area contributed by atoms with E-state index in [-0.39, 0.29) is 5.91 Å². The van der Waals surface area contributed by atoms with Crippen LogP contribution in [0.3, 0.4) is 0 Å². The van der Waals surface area contributed by atoms with Gasteiger partial charge < -0.3 is 14.8 Å². The number of pyridine rings is 1. The van der Waals surface area contributed by atoms with Crippen LogP contribution in [-0.2, 0) is 17.9 Å². The van der Waals surface area contributed by atoms with Gasteiger partial charge in [-0.2, -0.15) is 0 Å². The smallest absolute Gasteiger partial charge is 0.261 e. The standard InChI is InChI=1S/C26H30N2O3/c1-18(2)24-12-7-19(3)14-25(24)31-20(4)26(29)28-16-21-8-10-23(11-9-21)30-17-22-6-5-13-27-15-22/h5-15,18,20H,16-17H2,1-4H3,(H,28,29). The Morgan fingerprint density at radius 3 is 2.48 bits per heavy atom. The molecule has 1 unspecified atom stereocenters. The Labute approximate surface area is 184 Å². The maximum Gasteiger partial charge on any atom is 0.261 e. The van der Waals surface area contributed by atoms with Gasteiger partial charge in [0.25, 0.3) is 5.91 Å². The van der Waals surface area contributed by atoms with Crippen LogP contribution in [0.1, 0.15) is 48.9 Å². The van der Waals surface area contributed by atoms with Crippen molar-refractivity contribution in [2.24, 2.45) is 0 Å². The van der Waals surface area contributed by atoms with Crippen LogP contribution in [0.2, 0.25) is 0 Å². The average Bonchev–Trinajstić information content (AvgIpc) is 2.77. The first-order chi connectivity index (χ1) is 14.9. The van der Waals surface area contributed by atoms with Gasteiger partial charge in [-0.15, -0.1) is 0 Å². The van der Waals surface area contributed by atoms with Crippen LogP contribution in [0, 0.1) is 6.92 Å². The van der Waals surface area contributed by atoms with Gasteiger partial charge >= 0.3 is 0 Å². The summed E-state index contributed by atoms with van der Waals surface area (Å²) < 4.78 is 11.8. The minimum Gasteiger partial charge on any atom is -0.489 e. The lowest BCUT2D eigenvalue weighted by molar-refractivity contribution is -0.127. The Morgan fingerprint density at radius 1 is 1.03 bits per heavy atom. The molecule has 0 saturated heterocycles. The van der Waals surface area contributed by atoms with Gasteiger partial charge in [-0.05, 0) is 60.7 Å². The maximum absolute atomic E-state index is 12.5. The summed E-state index contributed by atoms with van der Waals surface area (Å²) in [5, 5.41) is 2.95. The van der Waals surface area contributed by atoms with E-state index in [0.717, 1.165) is 33.8 Å². The third-order valence-corrected chi connectivity index (χ3v) is 4.98. The zero-order chi connectivity index (χ0) is 22.2. The molecule has 5 nitrogen and oxygen atoms in total. The van der Waals surface area contributed by atoms with Crippen LogP contribution in [-0.4, -0.2) is 17.0 Å². The predicted octanol–water partition coefficient (Wildman–Crippen LogP) is 5.18. The number of hydrogen-bond donors (Lipinski definition) is 1. The monoisotopic (exact) mass is 418 g/mol. The van der Waals surface area contributed by atoms with Crippen molar-refractivity contribution in [2.45, 2.75) is 52.9 Å². The molecule has 1 N–H and O–H groups in total. The number of aromatic nitrogens is 1. The second-order valence-electron chi connectivity index (χ2n) is 7.97. The third-order valence-electron chi connectivity index (χ3n) is 4.98. The molecule has 0 aliphatic carbocycles. The highest BCUT2D eigenvalue weighted by molar-refractivity contribution is 5.80. The summed E-state index contributed by atoms with van der Waals surface area (Å²) in [4.78, 5) is 16.6. The quantitative estimate of drug-likeness (QED) is 0.520. The normalized spacial score (nSPS) is 11.8. The Kier molecular flexibility index (Phi) is 7.65. The number of ether oxygens (including phenoxy) is 2. The predicted molar refractivity (Wildman–Crippen MR) is 122 cm³/mol. The molecule has 162 valence electrons. The zero-order valence-corrected chi connectivity index (χ0v) is 18.6. The highest BCUT2D eigenvalue weighted by Gasteiger charge is 2.17. The van der Waals surface area contributed by atoms with Crippen LogP contribution in [0.5, 0.6) is 11.5 Å². The molecule has 1 aromatic heterocycles. The number of hydrogen-bond acceptors (Lipinski definition) is 4. The summed E-state index contributed by atoms with van der Waals surface area (Å²) in [6.07, 6.45) is 2.94. The van der Waals surface area contributed by atoms with Crippen LogP contribution in [0.4, 0.5) is 0 Å². The molecular weight excluding hydrogens is 388 g/mol. The van der Waals surface area contributed by atoms with E-state index in [1.54, 1.807) is 19.3 Å². The molecule has 0 bridgehead atoms. The summed E-state index contributed by atoms with van der Waals surface area (Å²) >= 11 is 0. The van der Waals surface area contributed by atoms with Crippen molar-refractivity contribution < 1.29 is 14.3 Å². The molecule has 2 aromatic carbocycles. The SMILES string of the molecule is Cc1ccc(C(C)C)c(OC(C)C(=O)NCc2ccc(OCc3cccnc3)cc2)c1. The first-order valence-electron chi connectivity index (χ1n) is 10.6. The second kappa shape index (κ2) is 10.6. The average molecular weight is 419 g/mol. The van der Waals surface area contributed by atoms with E-state index < -0.39 is 6.10 Å². The van der Waals surface area contributed by atoms with Crippen molar-refractivity contribution in [3.8, 4) is 11.5 Å². The summed E-state index contributed by atoms with van der Waals surface area (Å²) in [7, 11) is 0. The molecule has 0 saturated carbocycles. The summed E-state index contributed by atoms with van der Waals surface area (Å²) in [5.74, 6) is 1.72. The largest absolute Gasteiger partial charge is 0.489 e. The number of benzene rings is 2. The van der Waals surface area contributed by atoms with Gasteiger partial charge in [-0.25, -0.2) is 0 Å². The molecule has 0 spiro atoms. The molecule has 3 rings (SSSR count). The molecule has 0 aliphatic heterocycles. The van der Waals surface area contributed by atoms with Gasteiger partial charge in [0.15, 0.2) is 6.10 Å². The van der Waals surface area contributed by atoms with Crippen LogP contribution in [0.25, 0.3) is 0 Å².